The Kier molecular flexibility index (Phi) is 5.43. The van der Waals surface area contributed by atoms with Crippen LogP contribution in [0.15, 0.2) is 23.2 Å². The van der Waals surface area contributed by atoms with Gasteiger partial charge in [-0.3, -0.25) is 4.90 Å². The molecule has 7 heteroatoms. The molecule has 0 radical (unpaired) electrons. The molecule has 0 unspecified atom stereocenters. The molecule has 1 aromatic carbocycles. The summed E-state index contributed by atoms with van der Waals surface area (Å²) in [6.07, 6.45) is 3.70. The number of hydrogen-bond acceptors (Lipinski definition) is 5. The number of carbonyl (C=O) groups excluding carboxylic acids is 1. The van der Waals surface area contributed by atoms with E-state index in [4.69, 9.17) is 4.74 Å². The molecule has 2 fully saturated rings. The van der Waals surface area contributed by atoms with Crippen LogP contribution in [-0.4, -0.2) is 43.5 Å². The fraction of sp³-hybridized carbons (Fsp3) is 0.529. The van der Waals surface area contributed by atoms with Crippen molar-refractivity contribution in [2.45, 2.75) is 31.8 Å². The van der Waals surface area contributed by atoms with Gasteiger partial charge in [-0.2, -0.15) is 0 Å². The molecule has 0 aromatic heterocycles. The molecule has 2 aliphatic heterocycles. The van der Waals surface area contributed by atoms with Crippen LogP contribution in [0.1, 0.15) is 25.7 Å². The third kappa shape index (κ3) is 3.74. The second-order valence-corrected chi connectivity index (χ2v) is 6.27. The lowest BCUT2D eigenvalue weighted by Gasteiger charge is -2.24. The first-order valence-electron chi connectivity index (χ1n) is 8.25. The zero-order valence-corrected chi connectivity index (χ0v) is 14.2. The molecule has 0 aliphatic carbocycles. The van der Waals surface area contributed by atoms with Gasteiger partial charge in [0, 0.05) is 13.1 Å². The number of isothiocyanates is 1. The average Bonchev–Trinajstić information content (AvgIpc) is 2.77. The molecule has 0 spiro atoms. The van der Waals surface area contributed by atoms with E-state index in [1.54, 1.807) is 12.1 Å². The van der Waals surface area contributed by atoms with Crippen LogP contribution < -0.4 is 9.80 Å². The minimum absolute atomic E-state index is 0.278. The van der Waals surface area contributed by atoms with E-state index in [-0.39, 0.29) is 18.5 Å². The molecule has 2 saturated heterocycles. The van der Waals surface area contributed by atoms with Gasteiger partial charge in [0.1, 0.15) is 11.9 Å². The summed E-state index contributed by atoms with van der Waals surface area (Å²) in [4.78, 5) is 19.3. The van der Waals surface area contributed by atoms with Gasteiger partial charge in [-0.05, 0) is 43.3 Å². The predicted molar refractivity (Wildman–Crippen MR) is 94.6 cm³/mol. The maximum absolute atomic E-state index is 14.6. The highest BCUT2D eigenvalue weighted by Gasteiger charge is 2.32. The average molecular weight is 349 g/mol. The van der Waals surface area contributed by atoms with Crippen LogP contribution in [0.25, 0.3) is 0 Å². The second kappa shape index (κ2) is 7.73. The Bertz CT molecular complexity index is 655. The first kappa shape index (κ1) is 16.9. The Morgan fingerprint density at radius 2 is 2.04 bits per heavy atom. The zero-order valence-electron chi connectivity index (χ0n) is 13.4. The monoisotopic (exact) mass is 349 g/mol. The molecule has 1 aromatic rings. The lowest BCUT2D eigenvalue weighted by molar-refractivity contribution is 0.145. The van der Waals surface area contributed by atoms with E-state index in [2.05, 4.69) is 27.3 Å². The molecule has 0 N–H and O–H groups in total. The van der Waals surface area contributed by atoms with E-state index in [0.717, 1.165) is 25.9 Å². The van der Waals surface area contributed by atoms with Crippen molar-refractivity contribution in [2.75, 3.05) is 36.0 Å². The SMILES string of the molecule is O=C1O[C@@H](CN=C=S)CN1c1ccc(N2CCCCCC2)c(F)c1. The molecule has 128 valence electrons. The highest BCUT2D eigenvalue weighted by molar-refractivity contribution is 7.78. The van der Waals surface area contributed by atoms with Gasteiger partial charge >= 0.3 is 6.09 Å². The first-order valence-corrected chi connectivity index (χ1v) is 8.66. The van der Waals surface area contributed by atoms with Crippen LogP contribution in [0.4, 0.5) is 20.6 Å². The lowest BCUT2D eigenvalue weighted by atomic mass is 10.2. The first-order chi connectivity index (χ1) is 11.7. The number of benzene rings is 1. The summed E-state index contributed by atoms with van der Waals surface area (Å²) in [5, 5.41) is 2.26. The minimum atomic E-state index is -0.485. The van der Waals surface area contributed by atoms with Crippen LogP contribution in [0.3, 0.4) is 0 Å². The number of ether oxygens (including phenoxy) is 1. The molecular formula is C17H20FN3O2S. The van der Waals surface area contributed by atoms with E-state index < -0.39 is 6.09 Å². The Hall–Kier alpha value is -1.98. The van der Waals surface area contributed by atoms with E-state index in [1.807, 2.05) is 0 Å². The maximum atomic E-state index is 14.6. The lowest BCUT2D eigenvalue weighted by Crippen LogP contribution is -2.27. The third-order valence-electron chi connectivity index (χ3n) is 4.42. The number of hydrogen-bond donors (Lipinski definition) is 0. The summed E-state index contributed by atoms with van der Waals surface area (Å²) in [5.74, 6) is -0.303. The summed E-state index contributed by atoms with van der Waals surface area (Å²) < 4.78 is 19.8. The Labute approximate surface area is 146 Å². The minimum Gasteiger partial charge on any atom is -0.442 e. The zero-order chi connectivity index (χ0) is 16.9. The van der Waals surface area contributed by atoms with Crippen molar-refractivity contribution >= 4 is 34.8 Å². The van der Waals surface area contributed by atoms with Crippen molar-refractivity contribution in [2.24, 2.45) is 4.99 Å². The topological polar surface area (TPSA) is 45.1 Å². The van der Waals surface area contributed by atoms with Crippen LogP contribution >= 0.6 is 12.2 Å². The van der Waals surface area contributed by atoms with Crippen molar-refractivity contribution < 1.29 is 13.9 Å². The summed E-state index contributed by atoms with van der Waals surface area (Å²) >= 11 is 4.52. The van der Waals surface area contributed by atoms with Gasteiger partial charge < -0.3 is 9.64 Å². The van der Waals surface area contributed by atoms with E-state index in [9.17, 15) is 9.18 Å². The largest absolute Gasteiger partial charge is 0.442 e. The fourth-order valence-corrected chi connectivity index (χ4v) is 3.27. The number of anilines is 2. The Morgan fingerprint density at radius 1 is 1.29 bits per heavy atom. The number of nitrogens with zero attached hydrogens (tertiary/aromatic N) is 3. The summed E-state index contributed by atoms with van der Waals surface area (Å²) in [7, 11) is 0. The standard InChI is InChI=1S/C17H20FN3O2S/c18-15-9-13(21-11-14(10-19-12-24)23-17(21)22)5-6-16(15)20-7-3-1-2-4-8-20/h5-6,9,14H,1-4,7-8,10-11H2/t14-/m0/s1. The van der Waals surface area contributed by atoms with Crippen LogP contribution in [0.2, 0.25) is 0 Å². The molecule has 5 nitrogen and oxygen atoms in total. The van der Waals surface area contributed by atoms with Gasteiger partial charge in [-0.25, -0.2) is 14.2 Å². The Balaban J connectivity index is 1.74. The van der Waals surface area contributed by atoms with Gasteiger partial charge in [0.25, 0.3) is 0 Å². The molecule has 3 rings (SSSR count). The quantitative estimate of drug-likeness (QED) is 0.615. The highest BCUT2D eigenvalue weighted by atomic mass is 32.1. The molecule has 0 saturated carbocycles. The van der Waals surface area contributed by atoms with Crippen LogP contribution in [-0.2, 0) is 4.74 Å². The summed E-state index contributed by atoms with van der Waals surface area (Å²) in [6.45, 7) is 2.36. The third-order valence-corrected chi connectivity index (χ3v) is 4.55. The van der Waals surface area contributed by atoms with Crippen molar-refractivity contribution in [1.82, 2.24) is 0 Å². The van der Waals surface area contributed by atoms with Crippen molar-refractivity contribution in [3.05, 3.63) is 24.0 Å². The molecule has 2 aliphatic rings. The smallest absolute Gasteiger partial charge is 0.414 e. The van der Waals surface area contributed by atoms with Crippen molar-refractivity contribution in [3.63, 3.8) is 0 Å². The summed E-state index contributed by atoms with van der Waals surface area (Å²) in [6, 6.07) is 4.94. The maximum Gasteiger partial charge on any atom is 0.414 e. The predicted octanol–water partition coefficient (Wildman–Crippen LogP) is 3.63. The van der Waals surface area contributed by atoms with Crippen molar-refractivity contribution in [1.29, 1.82) is 0 Å². The molecule has 2 heterocycles. The van der Waals surface area contributed by atoms with E-state index in [1.165, 1.54) is 23.8 Å². The molecule has 0 bridgehead atoms. The van der Waals surface area contributed by atoms with Gasteiger partial charge in [-0.15, -0.1) is 0 Å². The molecule has 24 heavy (non-hydrogen) atoms. The number of carbonyl (C=O) groups is 1. The van der Waals surface area contributed by atoms with Crippen molar-refractivity contribution in [3.8, 4) is 0 Å². The van der Waals surface area contributed by atoms with Crippen LogP contribution in [0.5, 0.6) is 0 Å². The molecule has 1 amide bonds. The van der Waals surface area contributed by atoms with Crippen LogP contribution in [0, 0.1) is 5.82 Å². The van der Waals surface area contributed by atoms with Gasteiger partial charge in [-0.1, -0.05) is 12.8 Å². The Morgan fingerprint density at radius 3 is 2.71 bits per heavy atom. The number of aliphatic imine (C=N–C) groups is 1. The molecule has 1 atom stereocenters. The number of amides is 1. The highest BCUT2D eigenvalue weighted by Crippen LogP contribution is 2.29. The van der Waals surface area contributed by atoms with Gasteiger partial charge in [0.15, 0.2) is 0 Å². The fourth-order valence-electron chi connectivity index (χ4n) is 3.20. The molecular weight excluding hydrogens is 329 g/mol. The number of rotatable bonds is 4. The normalized spacial score (nSPS) is 21.2. The van der Waals surface area contributed by atoms with E-state index >= 15 is 0 Å². The van der Waals surface area contributed by atoms with E-state index in [0.29, 0.717) is 17.9 Å². The summed E-state index contributed by atoms with van der Waals surface area (Å²) in [5.41, 5.74) is 1.11. The van der Waals surface area contributed by atoms with Gasteiger partial charge in [0.05, 0.1) is 29.6 Å². The second-order valence-electron chi connectivity index (χ2n) is 6.09. The number of halogens is 1. The van der Waals surface area contributed by atoms with Gasteiger partial charge in [0.2, 0.25) is 0 Å². The number of cyclic esters (lactones) is 1. The number of thiocarbonyl (C=S) groups is 1.